The molecule has 0 aliphatic carbocycles. The van der Waals surface area contributed by atoms with Crippen molar-refractivity contribution in [2.75, 3.05) is 0 Å². The number of allylic oxidation sites excluding steroid dienone is 1. The van der Waals surface area contributed by atoms with Gasteiger partial charge in [0.25, 0.3) is 0 Å². The Bertz CT molecular complexity index is 318. The normalized spacial score (nSPS) is 11.6. The van der Waals surface area contributed by atoms with E-state index in [-0.39, 0.29) is 29.6 Å². The molecular formula is C18H38NaO4P. The van der Waals surface area contributed by atoms with Crippen molar-refractivity contribution in [3.63, 3.8) is 0 Å². The third-order valence-electron chi connectivity index (χ3n) is 4.02. The summed E-state index contributed by atoms with van der Waals surface area (Å²) in [5.74, 6) is 0. The first-order valence-corrected chi connectivity index (χ1v) is 11.0. The third-order valence-corrected chi connectivity index (χ3v) is 4.42. The van der Waals surface area contributed by atoms with Gasteiger partial charge in [-0.05, 0) is 18.9 Å². The molecule has 0 saturated carbocycles. The number of rotatable bonds is 17. The molecule has 0 unspecified atom stereocenters. The fraction of sp³-hybridized carbons (Fsp3) is 0.889. The van der Waals surface area contributed by atoms with Crippen LogP contribution in [0.25, 0.3) is 0 Å². The van der Waals surface area contributed by atoms with Gasteiger partial charge in [0.1, 0.15) is 0 Å². The molecule has 0 saturated heterocycles. The fourth-order valence-electron chi connectivity index (χ4n) is 2.65. The summed E-state index contributed by atoms with van der Waals surface area (Å²) in [6, 6.07) is 0. The van der Waals surface area contributed by atoms with Gasteiger partial charge in [0.05, 0.1) is 6.26 Å². The van der Waals surface area contributed by atoms with Crippen LogP contribution in [0, 0.1) is 0 Å². The van der Waals surface area contributed by atoms with Gasteiger partial charge in [-0.15, -0.1) is 0 Å². The summed E-state index contributed by atoms with van der Waals surface area (Å²) in [5, 5.41) is 0. The molecule has 0 amide bonds. The second-order valence-corrected chi connectivity index (χ2v) is 7.54. The number of unbranched alkanes of at least 4 members (excludes halogenated alkanes) is 14. The third kappa shape index (κ3) is 24.9. The molecule has 0 radical (unpaired) electrons. The zero-order chi connectivity index (χ0) is 17.2. The Kier molecular flexibility index (Phi) is 22.4. The Morgan fingerprint density at radius 3 is 1.50 bits per heavy atom. The van der Waals surface area contributed by atoms with Crippen molar-refractivity contribution in [2.24, 2.45) is 0 Å². The zero-order valence-electron chi connectivity index (χ0n) is 14.9. The molecule has 2 N–H and O–H groups in total. The van der Waals surface area contributed by atoms with E-state index >= 15 is 0 Å². The summed E-state index contributed by atoms with van der Waals surface area (Å²) in [6.07, 6.45) is 22.3. The van der Waals surface area contributed by atoms with Crippen LogP contribution in [0.2, 0.25) is 0 Å². The Balaban J connectivity index is 0. The molecule has 0 rings (SSSR count). The molecule has 0 aromatic carbocycles. The second-order valence-electron chi connectivity index (χ2n) is 6.35. The van der Waals surface area contributed by atoms with Crippen LogP contribution in [0.1, 0.15) is 103 Å². The predicted octanol–water partition coefficient (Wildman–Crippen LogP) is 5.83. The van der Waals surface area contributed by atoms with Gasteiger partial charge >= 0.3 is 37.4 Å². The van der Waals surface area contributed by atoms with E-state index in [0.717, 1.165) is 19.1 Å². The molecule has 0 spiro atoms. The summed E-state index contributed by atoms with van der Waals surface area (Å²) in [4.78, 5) is 17.0. The van der Waals surface area contributed by atoms with Crippen LogP contribution < -0.4 is 0 Å². The van der Waals surface area contributed by atoms with Crippen molar-refractivity contribution in [1.82, 2.24) is 0 Å². The second kappa shape index (κ2) is 20.0. The van der Waals surface area contributed by atoms with Crippen LogP contribution in [-0.4, -0.2) is 39.3 Å². The van der Waals surface area contributed by atoms with Crippen LogP contribution in [0.5, 0.6) is 0 Å². The van der Waals surface area contributed by atoms with Crippen molar-refractivity contribution < 1.29 is 18.9 Å². The van der Waals surface area contributed by atoms with Crippen LogP contribution in [0.3, 0.4) is 0 Å². The maximum atomic E-state index is 10.4. The monoisotopic (exact) mass is 372 g/mol. The van der Waals surface area contributed by atoms with Gasteiger partial charge in [0.15, 0.2) is 0 Å². The molecule has 6 heteroatoms. The molecule has 4 nitrogen and oxygen atoms in total. The Morgan fingerprint density at radius 1 is 0.750 bits per heavy atom. The first-order chi connectivity index (χ1) is 11.1. The molecule has 0 bridgehead atoms. The summed E-state index contributed by atoms with van der Waals surface area (Å²) in [7, 11) is -4.34. The average molecular weight is 372 g/mol. The van der Waals surface area contributed by atoms with Crippen molar-refractivity contribution in [1.29, 1.82) is 0 Å². The van der Waals surface area contributed by atoms with Gasteiger partial charge in [-0.2, -0.15) is 0 Å². The average Bonchev–Trinajstić information content (AvgIpc) is 2.49. The van der Waals surface area contributed by atoms with Gasteiger partial charge in [0, 0.05) is 0 Å². The first-order valence-electron chi connectivity index (χ1n) is 9.45. The van der Waals surface area contributed by atoms with Gasteiger partial charge in [-0.3, -0.25) is 9.79 Å². The van der Waals surface area contributed by atoms with E-state index in [1.807, 2.05) is 0 Å². The molecule has 0 aliphatic heterocycles. The standard InChI is InChI=1S/C18H37O4P.Na.H/c1-2-3-4-5-6-7-8-9-10-11-12-13-14-15-16-17-18-22-23(19,20)21;;/h17-18H,2-16H2,1H3,(H2,19,20,21);;. The summed E-state index contributed by atoms with van der Waals surface area (Å²) < 4.78 is 14.6. The van der Waals surface area contributed by atoms with E-state index in [4.69, 9.17) is 9.79 Å². The number of phosphoric ester groups is 1. The SMILES string of the molecule is CCCCCCCCCCCCCCCCC=COP(=O)(O)O.[NaH]. The van der Waals surface area contributed by atoms with Crippen molar-refractivity contribution in [3.05, 3.63) is 12.3 Å². The molecule has 24 heavy (non-hydrogen) atoms. The van der Waals surface area contributed by atoms with E-state index in [0.29, 0.717) is 0 Å². The molecule has 0 aliphatic rings. The Labute approximate surface area is 171 Å². The molecule has 0 aromatic rings. The molecule has 0 fully saturated rings. The van der Waals surface area contributed by atoms with Crippen LogP contribution in [0.15, 0.2) is 12.3 Å². The topological polar surface area (TPSA) is 66.8 Å². The fourth-order valence-corrected chi connectivity index (χ4v) is 2.89. The van der Waals surface area contributed by atoms with Gasteiger partial charge in [-0.1, -0.05) is 90.4 Å². The zero-order valence-corrected chi connectivity index (χ0v) is 15.8. The predicted molar refractivity (Wildman–Crippen MR) is 104 cm³/mol. The molecule has 140 valence electrons. The van der Waals surface area contributed by atoms with E-state index in [2.05, 4.69) is 11.4 Å². The van der Waals surface area contributed by atoms with Gasteiger partial charge in [0.2, 0.25) is 0 Å². The number of hydrogen-bond acceptors (Lipinski definition) is 2. The molecule has 0 heterocycles. The molecule has 0 atom stereocenters. The first kappa shape index (κ1) is 26.9. The van der Waals surface area contributed by atoms with Crippen LogP contribution in [0.4, 0.5) is 0 Å². The number of hydrogen-bond donors (Lipinski definition) is 2. The van der Waals surface area contributed by atoms with Gasteiger partial charge in [-0.25, -0.2) is 4.57 Å². The van der Waals surface area contributed by atoms with E-state index in [9.17, 15) is 4.57 Å². The van der Waals surface area contributed by atoms with Crippen molar-refractivity contribution in [3.8, 4) is 0 Å². The maximum absolute atomic E-state index is 10.4. The van der Waals surface area contributed by atoms with Crippen LogP contribution in [-0.2, 0) is 9.09 Å². The van der Waals surface area contributed by atoms with E-state index < -0.39 is 7.82 Å². The van der Waals surface area contributed by atoms with E-state index in [1.54, 1.807) is 6.08 Å². The van der Waals surface area contributed by atoms with Crippen molar-refractivity contribution >= 4 is 37.4 Å². The summed E-state index contributed by atoms with van der Waals surface area (Å²) in [6.45, 7) is 2.26. The molecule has 0 aromatic heterocycles. The Hall–Kier alpha value is 0.690. The van der Waals surface area contributed by atoms with E-state index in [1.165, 1.54) is 83.5 Å². The summed E-state index contributed by atoms with van der Waals surface area (Å²) in [5.41, 5.74) is 0. The van der Waals surface area contributed by atoms with Gasteiger partial charge < -0.3 is 4.52 Å². The molecular weight excluding hydrogens is 334 g/mol. The minimum atomic E-state index is -4.34. The Morgan fingerprint density at radius 2 is 1.12 bits per heavy atom. The minimum absolute atomic E-state index is 0. The quantitative estimate of drug-likeness (QED) is 0.146. The van der Waals surface area contributed by atoms with Crippen molar-refractivity contribution in [2.45, 2.75) is 103 Å². The summed E-state index contributed by atoms with van der Waals surface area (Å²) >= 11 is 0. The van der Waals surface area contributed by atoms with Crippen LogP contribution >= 0.6 is 7.82 Å². The number of phosphoric acid groups is 1.